The fourth-order valence-corrected chi connectivity index (χ4v) is 4.56. The molecular formula is C24H27NO2S. The molecule has 0 amide bonds. The van der Waals surface area contributed by atoms with Gasteiger partial charge in [0.05, 0.1) is 0 Å². The number of hydrogen-bond donors (Lipinski definition) is 0. The van der Waals surface area contributed by atoms with E-state index in [0.717, 1.165) is 11.1 Å². The molecule has 4 heteroatoms. The maximum absolute atomic E-state index is 13.2. The largest absolute Gasteiger partial charge is 0.279 e. The minimum absolute atomic E-state index is 0.0377. The Hall–Kier alpha value is -2.46. The third-order valence-corrected chi connectivity index (χ3v) is 6.44. The van der Waals surface area contributed by atoms with Crippen molar-refractivity contribution >= 4 is 16.7 Å². The molecule has 0 saturated heterocycles. The number of nitrogens with zero attached hydrogens (tertiary/aromatic N) is 1. The van der Waals surface area contributed by atoms with Crippen LogP contribution < -0.4 is 0 Å². The van der Waals surface area contributed by atoms with E-state index >= 15 is 0 Å². The molecule has 1 aromatic heterocycles. The number of carbonyl (C=O) groups excluding carboxylic acids is 1. The SMILES string of the molecule is Cc1ccc(S(=O)c2cccn2C(=O)C[C@H](c2ccccc2)C(C)(C)C)cc1. The van der Waals surface area contributed by atoms with E-state index in [-0.39, 0.29) is 17.2 Å². The number of aryl methyl sites for hydroxylation is 1. The Labute approximate surface area is 169 Å². The van der Waals surface area contributed by atoms with Crippen LogP contribution in [0.1, 0.15) is 49.0 Å². The summed E-state index contributed by atoms with van der Waals surface area (Å²) >= 11 is 0. The van der Waals surface area contributed by atoms with E-state index in [9.17, 15) is 9.00 Å². The maximum Gasteiger partial charge on any atom is 0.232 e. The maximum atomic E-state index is 13.2. The Bertz CT molecular complexity index is 966. The van der Waals surface area contributed by atoms with Crippen LogP contribution in [0.3, 0.4) is 0 Å². The van der Waals surface area contributed by atoms with E-state index < -0.39 is 10.8 Å². The van der Waals surface area contributed by atoms with Crippen LogP contribution in [0, 0.1) is 12.3 Å². The van der Waals surface area contributed by atoms with E-state index in [4.69, 9.17) is 0 Å². The molecule has 0 aliphatic carbocycles. The molecule has 3 rings (SSSR count). The summed E-state index contributed by atoms with van der Waals surface area (Å²) in [5.41, 5.74) is 2.19. The highest BCUT2D eigenvalue weighted by molar-refractivity contribution is 7.85. The molecule has 0 N–H and O–H groups in total. The first-order valence-electron chi connectivity index (χ1n) is 9.51. The van der Waals surface area contributed by atoms with Gasteiger partial charge in [-0.2, -0.15) is 0 Å². The molecule has 0 radical (unpaired) electrons. The van der Waals surface area contributed by atoms with Crippen LogP contribution in [0.2, 0.25) is 0 Å². The molecule has 2 atom stereocenters. The van der Waals surface area contributed by atoms with Gasteiger partial charge >= 0.3 is 0 Å². The highest BCUT2D eigenvalue weighted by Crippen LogP contribution is 2.38. The van der Waals surface area contributed by atoms with Crippen LogP contribution in [0.5, 0.6) is 0 Å². The number of hydrogen-bond acceptors (Lipinski definition) is 2. The molecule has 2 aromatic carbocycles. The van der Waals surface area contributed by atoms with E-state index in [2.05, 4.69) is 32.9 Å². The lowest BCUT2D eigenvalue weighted by atomic mass is 9.74. The molecule has 0 aliphatic rings. The molecule has 0 aliphatic heterocycles. The number of rotatable bonds is 5. The van der Waals surface area contributed by atoms with Crippen LogP contribution in [-0.2, 0) is 10.8 Å². The second kappa shape index (κ2) is 8.27. The van der Waals surface area contributed by atoms with Gasteiger partial charge in [0.1, 0.15) is 15.8 Å². The Kier molecular flexibility index (Phi) is 5.99. The molecule has 0 bridgehead atoms. The van der Waals surface area contributed by atoms with Crippen LogP contribution in [-0.4, -0.2) is 14.7 Å². The molecule has 0 fully saturated rings. The smallest absolute Gasteiger partial charge is 0.232 e. The first-order valence-corrected chi connectivity index (χ1v) is 10.7. The quantitative estimate of drug-likeness (QED) is 0.547. The van der Waals surface area contributed by atoms with Gasteiger partial charge in [-0.05, 0) is 48.1 Å². The van der Waals surface area contributed by atoms with Gasteiger partial charge in [0.25, 0.3) is 0 Å². The van der Waals surface area contributed by atoms with Gasteiger partial charge in [-0.15, -0.1) is 0 Å². The van der Waals surface area contributed by atoms with E-state index in [1.165, 1.54) is 0 Å². The zero-order valence-electron chi connectivity index (χ0n) is 16.9. The van der Waals surface area contributed by atoms with Crippen molar-refractivity contribution in [3.63, 3.8) is 0 Å². The normalized spacial score (nSPS) is 13.9. The fourth-order valence-electron chi connectivity index (χ4n) is 3.39. The molecule has 0 spiro atoms. The Morgan fingerprint density at radius 2 is 1.61 bits per heavy atom. The summed E-state index contributed by atoms with van der Waals surface area (Å²) in [6, 6.07) is 21.3. The van der Waals surface area contributed by atoms with Gasteiger partial charge in [0.15, 0.2) is 0 Å². The van der Waals surface area contributed by atoms with Crippen molar-refractivity contribution in [1.29, 1.82) is 0 Å². The molecule has 1 heterocycles. The summed E-state index contributed by atoms with van der Waals surface area (Å²) in [5, 5.41) is 0.523. The van der Waals surface area contributed by atoms with Crippen LogP contribution in [0.15, 0.2) is 82.8 Å². The monoisotopic (exact) mass is 393 g/mol. The van der Waals surface area contributed by atoms with E-state index in [0.29, 0.717) is 16.3 Å². The topological polar surface area (TPSA) is 39.1 Å². The molecule has 3 aromatic rings. The molecule has 28 heavy (non-hydrogen) atoms. The molecular weight excluding hydrogens is 366 g/mol. The molecule has 3 nitrogen and oxygen atoms in total. The standard InChI is InChI=1S/C24H27NO2S/c1-18-12-14-20(15-13-18)28(27)23-11-8-16-25(23)22(26)17-21(24(2,3)4)19-9-6-5-7-10-19/h5-16,21H,17H2,1-4H3/t21-,28?/m1/s1. The van der Waals surface area contributed by atoms with Gasteiger partial charge < -0.3 is 0 Å². The number of aromatic nitrogens is 1. The van der Waals surface area contributed by atoms with Crippen LogP contribution in [0.4, 0.5) is 0 Å². The van der Waals surface area contributed by atoms with Crippen molar-refractivity contribution in [2.24, 2.45) is 5.41 Å². The Balaban J connectivity index is 1.88. The molecule has 1 unspecified atom stereocenters. The summed E-state index contributed by atoms with van der Waals surface area (Å²) < 4.78 is 14.6. The Morgan fingerprint density at radius 1 is 0.964 bits per heavy atom. The van der Waals surface area contributed by atoms with Gasteiger partial charge in [-0.1, -0.05) is 68.8 Å². The van der Waals surface area contributed by atoms with Crippen molar-refractivity contribution in [3.05, 3.63) is 84.1 Å². The lowest BCUT2D eigenvalue weighted by Gasteiger charge is -2.31. The van der Waals surface area contributed by atoms with Gasteiger partial charge in [-0.25, -0.2) is 4.21 Å². The average molecular weight is 394 g/mol. The lowest BCUT2D eigenvalue weighted by Crippen LogP contribution is -2.24. The molecule has 0 saturated carbocycles. The van der Waals surface area contributed by atoms with Gasteiger partial charge in [0.2, 0.25) is 5.91 Å². The zero-order valence-corrected chi connectivity index (χ0v) is 17.7. The minimum Gasteiger partial charge on any atom is -0.279 e. The predicted octanol–water partition coefficient (Wildman–Crippen LogP) is 5.82. The fraction of sp³-hybridized carbons (Fsp3) is 0.292. The van der Waals surface area contributed by atoms with Crippen molar-refractivity contribution in [1.82, 2.24) is 4.57 Å². The third-order valence-electron chi connectivity index (χ3n) is 5.03. The highest BCUT2D eigenvalue weighted by atomic mass is 32.2. The van der Waals surface area contributed by atoms with Crippen molar-refractivity contribution in [2.45, 2.75) is 50.0 Å². The minimum atomic E-state index is -1.39. The predicted molar refractivity (Wildman–Crippen MR) is 114 cm³/mol. The van der Waals surface area contributed by atoms with Crippen molar-refractivity contribution in [2.75, 3.05) is 0 Å². The molecule has 146 valence electrons. The third kappa shape index (κ3) is 4.50. The summed E-state index contributed by atoms with van der Waals surface area (Å²) in [7, 11) is -1.39. The summed E-state index contributed by atoms with van der Waals surface area (Å²) in [4.78, 5) is 13.9. The zero-order chi connectivity index (χ0) is 20.3. The highest BCUT2D eigenvalue weighted by Gasteiger charge is 2.29. The van der Waals surface area contributed by atoms with Gasteiger partial charge in [-0.3, -0.25) is 9.36 Å². The summed E-state index contributed by atoms with van der Waals surface area (Å²) in [5.74, 6) is 0.0356. The second-order valence-corrected chi connectivity index (χ2v) is 9.65. The van der Waals surface area contributed by atoms with E-state index in [1.54, 1.807) is 22.9 Å². The average Bonchev–Trinajstić information content (AvgIpc) is 3.15. The number of carbonyl (C=O) groups is 1. The summed E-state index contributed by atoms with van der Waals surface area (Å²) in [6.07, 6.45) is 2.08. The first kappa shape index (κ1) is 20.3. The second-order valence-electron chi connectivity index (χ2n) is 8.23. The van der Waals surface area contributed by atoms with Crippen molar-refractivity contribution < 1.29 is 9.00 Å². The van der Waals surface area contributed by atoms with Crippen LogP contribution >= 0.6 is 0 Å². The van der Waals surface area contributed by atoms with Crippen molar-refractivity contribution in [3.8, 4) is 0 Å². The number of benzene rings is 2. The van der Waals surface area contributed by atoms with Gasteiger partial charge in [0, 0.05) is 17.5 Å². The summed E-state index contributed by atoms with van der Waals surface area (Å²) in [6.45, 7) is 8.45. The van der Waals surface area contributed by atoms with Crippen LogP contribution in [0.25, 0.3) is 0 Å². The first-order chi connectivity index (χ1) is 13.3. The lowest BCUT2D eigenvalue weighted by molar-refractivity contribution is 0.0859. The Morgan fingerprint density at radius 3 is 2.21 bits per heavy atom. The van der Waals surface area contributed by atoms with E-state index in [1.807, 2.05) is 49.4 Å².